The van der Waals surface area contributed by atoms with E-state index in [1.165, 1.54) is 0 Å². The Kier molecular flexibility index (Phi) is 4.35. The third-order valence-corrected chi connectivity index (χ3v) is 3.23. The summed E-state index contributed by atoms with van der Waals surface area (Å²) in [5, 5.41) is 4.46. The normalized spacial score (nSPS) is 10.7. The van der Waals surface area contributed by atoms with Gasteiger partial charge in [0, 0.05) is 22.6 Å². The molecule has 2 heterocycles. The van der Waals surface area contributed by atoms with E-state index in [4.69, 9.17) is 4.74 Å². The lowest BCUT2D eigenvalue weighted by molar-refractivity contribution is -0.142. The summed E-state index contributed by atoms with van der Waals surface area (Å²) in [6, 6.07) is 1.91. The molecule has 21 heavy (non-hydrogen) atoms. The average Bonchev–Trinajstić information content (AvgIpc) is 2.66. The van der Waals surface area contributed by atoms with Crippen LogP contribution in [0.5, 0.6) is 0 Å². The number of aromatic nitrogens is 4. The summed E-state index contributed by atoms with van der Waals surface area (Å²) in [5.41, 5.74) is 4.30. The van der Waals surface area contributed by atoms with Crippen molar-refractivity contribution in [1.29, 1.82) is 0 Å². The maximum atomic E-state index is 11.7. The van der Waals surface area contributed by atoms with Crippen LogP contribution in [0.15, 0.2) is 6.07 Å². The van der Waals surface area contributed by atoms with Crippen LogP contribution < -0.4 is 0 Å². The zero-order valence-corrected chi connectivity index (χ0v) is 13.1. The number of ether oxygens (including phenoxy) is 1. The summed E-state index contributed by atoms with van der Waals surface area (Å²) in [7, 11) is 0. The molecule has 0 bridgehead atoms. The molecule has 6 nitrogen and oxygen atoms in total. The van der Waals surface area contributed by atoms with Crippen molar-refractivity contribution >= 4 is 5.97 Å². The second-order valence-corrected chi connectivity index (χ2v) is 4.99. The standard InChI is InChI=1S/C15H20N4O2/c1-6-21-14(20)8-13-11(4)18-19(12(13)5)15-16-9(2)7-10(3)17-15/h7H,6,8H2,1-5H3. The van der Waals surface area contributed by atoms with Crippen molar-refractivity contribution in [3.63, 3.8) is 0 Å². The van der Waals surface area contributed by atoms with Crippen molar-refractivity contribution in [2.24, 2.45) is 0 Å². The van der Waals surface area contributed by atoms with Crippen molar-refractivity contribution in [2.75, 3.05) is 6.61 Å². The molecule has 0 atom stereocenters. The molecule has 0 fully saturated rings. The van der Waals surface area contributed by atoms with Crippen molar-refractivity contribution in [3.8, 4) is 5.95 Å². The van der Waals surface area contributed by atoms with Crippen LogP contribution in [0, 0.1) is 27.7 Å². The molecule has 0 aliphatic rings. The first kappa shape index (κ1) is 15.2. The van der Waals surface area contributed by atoms with Crippen molar-refractivity contribution in [1.82, 2.24) is 19.7 Å². The lowest BCUT2D eigenvalue weighted by Gasteiger charge is -2.06. The Hall–Kier alpha value is -2.24. The number of aryl methyl sites for hydroxylation is 3. The van der Waals surface area contributed by atoms with E-state index in [0.29, 0.717) is 12.6 Å². The summed E-state index contributed by atoms with van der Waals surface area (Å²) in [5.74, 6) is 0.285. The SMILES string of the molecule is CCOC(=O)Cc1c(C)nn(-c2nc(C)cc(C)n2)c1C. The van der Waals surface area contributed by atoms with Gasteiger partial charge in [0.25, 0.3) is 5.95 Å². The second kappa shape index (κ2) is 6.03. The van der Waals surface area contributed by atoms with E-state index in [1.54, 1.807) is 11.6 Å². The lowest BCUT2D eigenvalue weighted by Crippen LogP contribution is -2.10. The van der Waals surface area contributed by atoms with Crippen LogP contribution in [-0.2, 0) is 16.0 Å². The number of carbonyl (C=O) groups is 1. The fourth-order valence-electron chi connectivity index (χ4n) is 2.28. The third-order valence-electron chi connectivity index (χ3n) is 3.23. The average molecular weight is 288 g/mol. The maximum Gasteiger partial charge on any atom is 0.310 e. The molecule has 0 aliphatic heterocycles. The van der Waals surface area contributed by atoms with Gasteiger partial charge in [-0.15, -0.1) is 0 Å². The number of esters is 1. The van der Waals surface area contributed by atoms with Crippen LogP contribution in [0.3, 0.4) is 0 Å². The summed E-state index contributed by atoms with van der Waals surface area (Å²) >= 11 is 0. The number of hydrogen-bond acceptors (Lipinski definition) is 5. The Bertz CT molecular complexity index is 656. The zero-order valence-electron chi connectivity index (χ0n) is 13.1. The fourth-order valence-corrected chi connectivity index (χ4v) is 2.28. The van der Waals surface area contributed by atoms with Gasteiger partial charge in [0.1, 0.15) is 0 Å². The fraction of sp³-hybridized carbons (Fsp3) is 0.467. The molecule has 0 spiro atoms. The highest BCUT2D eigenvalue weighted by molar-refractivity contribution is 5.73. The van der Waals surface area contributed by atoms with Gasteiger partial charge in [0.2, 0.25) is 0 Å². The molecule has 0 saturated heterocycles. The first-order valence-electron chi connectivity index (χ1n) is 6.95. The Morgan fingerprint density at radius 1 is 1.19 bits per heavy atom. The Morgan fingerprint density at radius 3 is 2.38 bits per heavy atom. The quantitative estimate of drug-likeness (QED) is 0.805. The molecule has 6 heteroatoms. The maximum absolute atomic E-state index is 11.7. The van der Waals surface area contributed by atoms with E-state index >= 15 is 0 Å². The predicted molar refractivity (Wildman–Crippen MR) is 78.4 cm³/mol. The van der Waals surface area contributed by atoms with Crippen LogP contribution in [-0.4, -0.2) is 32.3 Å². The summed E-state index contributed by atoms with van der Waals surface area (Å²) in [4.78, 5) is 20.5. The van der Waals surface area contributed by atoms with Gasteiger partial charge in [0.15, 0.2) is 0 Å². The smallest absolute Gasteiger partial charge is 0.310 e. The number of nitrogens with zero attached hydrogens (tertiary/aromatic N) is 4. The summed E-state index contributed by atoms with van der Waals surface area (Å²) in [6.07, 6.45) is 0.219. The molecule has 2 aromatic heterocycles. The van der Waals surface area contributed by atoms with Gasteiger partial charge in [-0.3, -0.25) is 4.79 Å². The molecule has 112 valence electrons. The molecular weight excluding hydrogens is 268 g/mol. The van der Waals surface area contributed by atoms with E-state index in [1.807, 2.05) is 33.8 Å². The molecule has 0 amide bonds. The van der Waals surface area contributed by atoms with E-state index < -0.39 is 0 Å². The number of hydrogen-bond donors (Lipinski definition) is 0. The molecule has 0 aliphatic carbocycles. The third kappa shape index (κ3) is 3.26. The second-order valence-electron chi connectivity index (χ2n) is 4.99. The molecule has 0 saturated carbocycles. The van der Waals surface area contributed by atoms with Crippen LogP contribution in [0.25, 0.3) is 5.95 Å². The van der Waals surface area contributed by atoms with Gasteiger partial charge >= 0.3 is 5.97 Å². The van der Waals surface area contributed by atoms with Gasteiger partial charge in [-0.1, -0.05) is 0 Å². The zero-order chi connectivity index (χ0) is 15.6. The molecular formula is C15H20N4O2. The van der Waals surface area contributed by atoms with Crippen molar-refractivity contribution < 1.29 is 9.53 Å². The van der Waals surface area contributed by atoms with Crippen LogP contribution in [0.1, 0.15) is 35.3 Å². The minimum atomic E-state index is -0.246. The monoisotopic (exact) mass is 288 g/mol. The minimum Gasteiger partial charge on any atom is -0.466 e. The van der Waals surface area contributed by atoms with Gasteiger partial charge in [-0.05, 0) is 40.7 Å². The van der Waals surface area contributed by atoms with E-state index in [0.717, 1.165) is 28.3 Å². The largest absolute Gasteiger partial charge is 0.466 e. The van der Waals surface area contributed by atoms with Gasteiger partial charge in [-0.2, -0.15) is 5.10 Å². The molecule has 0 unspecified atom stereocenters. The molecule has 2 aromatic rings. The Balaban J connectivity index is 2.40. The lowest BCUT2D eigenvalue weighted by atomic mass is 10.1. The highest BCUT2D eigenvalue weighted by Gasteiger charge is 2.18. The first-order chi connectivity index (χ1) is 9.92. The van der Waals surface area contributed by atoms with Crippen molar-refractivity contribution in [3.05, 3.63) is 34.4 Å². The summed E-state index contributed by atoms with van der Waals surface area (Å²) in [6.45, 7) is 9.80. The van der Waals surface area contributed by atoms with E-state index in [2.05, 4.69) is 15.1 Å². The minimum absolute atomic E-state index is 0.219. The molecule has 0 aromatic carbocycles. The highest BCUT2D eigenvalue weighted by atomic mass is 16.5. The van der Waals surface area contributed by atoms with Crippen LogP contribution in [0.2, 0.25) is 0 Å². The number of carbonyl (C=O) groups excluding carboxylic acids is 1. The molecule has 2 rings (SSSR count). The number of rotatable bonds is 4. The van der Waals surface area contributed by atoms with E-state index in [9.17, 15) is 4.79 Å². The van der Waals surface area contributed by atoms with Crippen molar-refractivity contribution in [2.45, 2.75) is 41.0 Å². The highest BCUT2D eigenvalue weighted by Crippen LogP contribution is 2.17. The van der Waals surface area contributed by atoms with E-state index in [-0.39, 0.29) is 12.4 Å². The van der Waals surface area contributed by atoms with Gasteiger partial charge in [0.05, 0.1) is 18.7 Å². The Labute approximate surface area is 124 Å². The molecule has 0 N–H and O–H groups in total. The predicted octanol–water partition coefficient (Wildman–Crippen LogP) is 2.00. The first-order valence-corrected chi connectivity index (χ1v) is 6.95. The Morgan fingerprint density at radius 2 is 1.81 bits per heavy atom. The van der Waals surface area contributed by atoms with Gasteiger partial charge < -0.3 is 4.74 Å². The summed E-state index contributed by atoms with van der Waals surface area (Å²) < 4.78 is 6.69. The topological polar surface area (TPSA) is 69.9 Å². The van der Waals surface area contributed by atoms with Crippen LogP contribution in [0.4, 0.5) is 0 Å². The molecule has 0 radical (unpaired) electrons. The van der Waals surface area contributed by atoms with Crippen LogP contribution >= 0.6 is 0 Å². The van der Waals surface area contributed by atoms with Gasteiger partial charge in [-0.25, -0.2) is 14.6 Å².